The highest BCUT2D eigenvalue weighted by Crippen LogP contribution is 2.21. The van der Waals surface area contributed by atoms with Crippen LogP contribution in [0.2, 0.25) is 0 Å². The van der Waals surface area contributed by atoms with Gasteiger partial charge in [-0.1, -0.05) is 19.9 Å². The monoisotopic (exact) mass is 232 g/mol. The fourth-order valence-electron chi connectivity index (χ4n) is 1.71. The van der Waals surface area contributed by atoms with Crippen LogP contribution >= 0.6 is 0 Å². The molecule has 0 bridgehead atoms. The third-order valence-electron chi connectivity index (χ3n) is 2.64. The van der Waals surface area contributed by atoms with Crippen LogP contribution in [0.3, 0.4) is 0 Å². The van der Waals surface area contributed by atoms with Gasteiger partial charge in [-0.05, 0) is 29.8 Å². The van der Waals surface area contributed by atoms with Crippen LogP contribution in [0.5, 0.6) is 0 Å². The van der Waals surface area contributed by atoms with Crippen LogP contribution in [0.25, 0.3) is 11.3 Å². The Morgan fingerprint density at radius 1 is 1.29 bits per heavy atom. The minimum Gasteiger partial charge on any atom is -0.361 e. The summed E-state index contributed by atoms with van der Waals surface area (Å²) in [6.45, 7) is 4.84. The van der Waals surface area contributed by atoms with Gasteiger partial charge in [-0.2, -0.15) is 0 Å². The molecule has 0 atom stereocenters. The average molecular weight is 232 g/mol. The number of aromatic nitrogens is 1. The van der Waals surface area contributed by atoms with Crippen molar-refractivity contribution in [3.63, 3.8) is 0 Å². The van der Waals surface area contributed by atoms with Crippen LogP contribution in [0, 0.1) is 5.82 Å². The van der Waals surface area contributed by atoms with Crippen molar-refractivity contribution in [2.45, 2.75) is 26.4 Å². The molecule has 0 fully saturated rings. The minimum atomic E-state index is -0.185. The fourth-order valence-corrected chi connectivity index (χ4v) is 1.71. The molecule has 0 unspecified atom stereocenters. The maximum Gasteiger partial charge on any atom is 0.132 e. The molecule has 0 aliphatic carbocycles. The van der Waals surface area contributed by atoms with Crippen LogP contribution in [0.4, 0.5) is 4.39 Å². The normalized spacial score (nSPS) is 11.1. The van der Waals surface area contributed by atoms with Gasteiger partial charge in [0.1, 0.15) is 5.82 Å². The molecule has 0 saturated carbocycles. The second kappa shape index (κ2) is 5.15. The van der Waals surface area contributed by atoms with E-state index in [0.717, 1.165) is 11.3 Å². The quantitative estimate of drug-likeness (QED) is 0.831. The third kappa shape index (κ3) is 2.94. The van der Waals surface area contributed by atoms with Crippen molar-refractivity contribution in [1.29, 1.82) is 0 Å². The van der Waals surface area contributed by atoms with Crippen molar-refractivity contribution in [1.82, 2.24) is 10.3 Å². The zero-order chi connectivity index (χ0) is 12.3. The zero-order valence-corrected chi connectivity index (χ0v) is 10.1. The van der Waals surface area contributed by atoms with Gasteiger partial charge in [0, 0.05) is 30.0 Å². The number of halogens is 1. The fraction of sp³-hybridized carbons (Fsp3) is 0.286. The molecule has 2 aromatic rings. The Morgan fingerprint density at radius 2 is 2.12 bits per heavy atom. The topological polar surface area (TPSA) is 27.8 Å². The molecule has 3 heteroatoms. The molecule has 2 rings (SSSR count). The predicted molar refractivity (Wildman–Crippen MR) is 68.2 cm³/mol. The Hall–Kier alpha value is -1.61. The van der Waals surface area contributed by atoms with Crippen molar-refractivity contribution in [3.05, 3.63) is 47.9 Å². The van der Waals surface area contributed by atoms with Crippen LogP contribution in [-0.2, 0) is 6.54 Å². The lowest BCUT2D eigenvalue weighted by Crippen LogP contribution is -2.21. The number of nitrogens with one attached hydrogen (secondary N) is 2. The van der Waals surface area contributed by atoms with E-state index in [2.05, 4.69) is 24.1 Å². The second-order valence-electron chi connectivity index (χ2n) is 4.43. The van der Waals surface area contributed by atoms with Crippen molar-refractivity contribution < 1.29 is 4.39 Å². The Morgan fingerprint density at radius 3 is 2.71 bits per heavy atom. The second-order valence-corrected chi connectivity index (χ2v) is 4.43. The number of rotatable bonds is 4. The Labute approximate surface area is 101 Å². The molecule has 1 aromatic heterocycles. The van der Waals surface area contributed by atoms with Crippen LogP contribution in [-0.4, -0.2) is 11.0 Å². The SMILES string of the molecule is CC(C)NCc1ccc(-c2ccc[nH]2)c(F)c1. The Balaban J connectivity index is 2.17. The summed E-state index contributed by atoms with van der Waals surface area (Å²) in [7, 11) is 0. The smallest absolute Gasteiger partial charge is 0.132 e. The number of aromatic amines is 1. The van der Waals surface area contributed by atoms with Gasteiger partial charge in [0.25, 0.3) is 0 Å². The molecule has 0 spiro atoms. The number of H-pyrrole nitrogens is 1. The molecule has 2 N–H and O–H groups in total. The first-order valence-corrected chi connectivity index (χ1v) is 5.82. The lowest BCUT2D eigenvalue weighted by Gasteiger charge is -2.09. The molecule has 90 valence electrons. The van der Waals surface area contributed by atoms with Gasteiger partial charge in [0.2, 0.25) is 0 Å². The first-order valence-electron chi connectivity index (χ1n) is 5.82. The molecule has 0 radical (unpaired) electrons. The van der Waals surface area contributed by atoms with Crippen molar-refractivity contribution in [2.75, 3.05) is 0 Å². The van der Waals surface area contributed by atoms with E-state index in [9.17, 15) is 4.39 Å². The Kier molecular flexibility index (Phi) is 3.59. The summed E-state index contributed by atoms with van der Waals surface area (Å²) in [6.07, 6.45) is 1.79. The summed E-state index contributed by atoms with van der Waals surface area (Å²) in [6, 6.07) is 9.49. The predicted octanol–water partition coefficient (Wildman–Crippen LogP) is 3.32. The van der Waals surface area contributed by atoms with E-state index in [1.54, 1.807) is 12.3 Å². The summed E-state index contributed by atoms with van der Waals surface area (Å²) in [5.74, 6) is -0.185. The molecular weight excluding hydrogens is 215 g/mol. The van der Waals surface area contributed by atoms with Crippen LogP contribution in [0.1, 0.15) is 19.4 Å². The Bertz CT molecular complexity index is 475. The van der Waals surface area contributed by atoms with Gasteiger partial charge in [0.15, 0.2) is 0 Å². The number of benzene rings is 1. The van der Waals surface area contributed by atoms with Gasteiger partial charge in [-0.15, -0.1) is 0 Å². The maximum atomic E-state index is 13.9. The molecule has 0 aliphatic heterocycles. The van der Waals surface area contributed by atoms with Gasteiger partial charge < -0.3 is 10.3 Å². The minimum absolute atomic E-state index is 0.185. The largest absolute Gasteiger partial charge is 0.361 e. The summed E-state index contributed by atoms with van der Waals surface area (Å²) in [5, 5.41) is 3.27. The van der Waals surface area contributed by atoms with E-state index in [-0.39, 0.29) is 5.82 Å². The van der Waals surface area contributed by atoms with E-state index in [0.29, 0.717) is 18.2 Å². The van der Waals surface area contributed by atoms with Crippen LogP contribution in [0.15, 0.2) is 36.5 Å². The molecule has 1 aromatic carbocycles. The lowest BCUT2D eigenvalue weighted by atomic mass is 10.1. The summed E-state index contributed by atoms with van der Waals surface area (Å²) in [5.41, 5.74) is 2.39. The zero-order valence-electron chi connectivity index (χ0n) is 10.1. The standard InChI is InChI=1S/C14H17FN2/c1-10(2)17-9-11-5-6-12(13(15)8-11)14-4-3-7-16-14/h3-8,10,16-17H,9H2,1-2H3. The van der Waals surface area contributed by atoms with E-state index in [1.165, 1.54) is 0 Å². The molecule has 2 nitrogen and oxygen atoms in total. The van der Waals surface area contributed by atoms with Gasteiger partial charge >= 0.3 is 0 Å². The maximum absolute atomic E-state index is 13.9. The highest BCUT2D eigenvalue weighted by Gasteiger charge is 2.06. The summed E-state index contributed by atoms with van der Waals surface area (Å²) >= 11 is 0. The summed E-state index contributed by atoms with van der Waals surface area (Å²) < 4.78 is 13.9. The molecule has 1 heterocycles. The van der Waals surface area contributed by atoms with Gasteiger partial charge in [-0.3, -0.25) is 0 Å². The average Bonchev–Trinajstić information content (AvgIpc) is 2.79. The molecule has 0 saturated heterocycles. The molecular formula is C14H17FN2. The third-order valence-corrected chi connectivity index (χ3v) is 2.64. The van der Waals surface area contributed by atoms with Gasteiger partial charge in [-0.25, -0.2) is 4.39 Å². The molecule has 17 heavy (non-hydrogen) atoms. The van der Waals surface area contributed by atoms with Gasteiger partial charge in [0.05, 0.1) is 0 Å². The molecule has 0 aliphatic rings. The van der Waals surface area contributed by atoms with Crippen LogP contribution < -0.4 is 5.32 Å². The van der Waals surface area contributed by atoms with E-state index >= 15 is 0 Å². The van der Waals surface area contributed by atoms with E-state index in [4.69, 9.17) is 0 Å². The highest BCUT2D eigenvalue weighted by atomic mass is 19.1. The van der Waals surface area contributed by atoms with E-state index in [1.807, 2.05) is 24.3 Å². The number of hydrogen-bond acceptors (Lipinski definition) is 1. The van der Waals surface area contributed by atoms with Crippen molar-refractivity contribution in [2.24, 2.45) is 0 Å². The lowest BCUT2D eigenvalue weighted by molar-refractivity contribution is 0.582. The number of hydrogen-bond donors (Lipinski definition) is 2. The first kappa shape index (κ1) is 11.9. The highest BCUT2D eigenvalue weighted by molar-refractivity contribution is 5.60. The van der Waals surface area contributed by atoms with Crippen molar-refractivity contribution in [3.8, 4) is 11.3 Å². The first-order chi connectivity index (χ1) is 8.16. The van der Waals surface area contributed by atoms with E-state index < -0.39 is 0 Å². The van der Waals surface area contributed by atoms with Crippen molar-refractivity contribution >= 4 is 0 Å². The molecule has 0 amide bonds. The summed E-state index contributed by atoms with van der Waals surface area (Å²) in [4.78, 5) is 3.01.